The van der Waals surface area contributed by atoms with Crippen LogP contribution in [0.3, 0.4) is 0 Å². The normalized spacial score (nSPS) is 18.0. The van der Waals surface area contributed by atoms with Gasteiger partial charge in [-0.05, 0) is 54.2 Å². The minimum atomic E-state index is -0.928. The molecule has 12 heteroatoms. The molecular formula is C21H23FN8O3. The zero-order chi connectivity index (χ0) is 22.6. The lowest BCUT2D eigenvalue weighted by Crippen LogP contribution is -2.25. The number of aromatic nitrogens is 5. The van der Waals surface area contributed by atoms with Gasteiger partial charge in [0.25, 0.3) is 5.89 Å². The first-order chi connectivity index (χ1) is 16.2. The van der Waals surface area contributed by atoms with E-state index in [-0.39, 0.29) is 24.6 Å². The van der Waals surface area contributed by atoms with Crippen LogP contribution in [0.25, 0.3) is 22.5 Å². The maximum absolute atomic E-state index is 14.4. The molecule has 0 saturated heterocycles. The monoisotopic (exact) mass is 454 g/mol. The smallest absolute Gasteiger partial charge is 0.315 e. The highest BCUT2D eigenvalue weighted by atomic mass is 19.1. The van der Waals surface area contributed by atoms with Crippen molar-refractivity contribution in [1.82, 2.24) is 25.5 Å². The van der Waals surface area contributed by atoms with Gasteiger partial charge < -0.3 is 25.5 Å². The minimum absolute atomic E-state index is 0.0618. The Morgan fingerprint density at radius 1 is 1.12 bits per heavy atom. The number of pyridine rings is 1. The zero-order valence-electron chi connectivity index (χ0n) is 17.7. The highest BCUT2D eigenvalue weighted by molar-refractivity contribution is 5.80. The van der Waals surface area contributed by atoms with Crippen molar-refractivity contribution in [3.8, 4) is 11.5 Å². The number of hydrogen-bond acceptors (Lipinski definition) is 11. The van der Waals surface area contributed by atoms with Crippen LogP contribution in [-0.4, -0.2) is 56.0 Å². The number of rotatable bonds is 9. The summed E-state index contributed by atoms with van der Waals surface area (Å²) < 4.78 is 24.8. The molecule has 0 radical (unpaired) electrons. The van der Waals surface area contributed by atoms with Crippen LogP contribution in [0.1, 0.15) is 25.7 Å². The van der Waals surface area contributed by atoms with Crippen molar-refractivity contribution < 1.29 is 18.5 Å². The van der Waals surface area contributed by atoms with Crippen molar-refractivity contribution in [2.45, 2.75) is 37.9 Å². The van der Waals surface area contributed by atoms with Crippen molar-refractivity contribution in [2.75, 3.05) is 29.1 Å². The summed E-state index contributed by atoms with van der Waals surface area (Å²) in [7, 11) is 0. The van der Waals surface area contributed by atoms with Crippen LogP contribution in [-0.2, 0) is 0 Å². The van der Waals surface area contributed by atoms with Gasteiger partial charge in [0, 0.05) is 31.1 Å². The molecule has 1 aliphatic carbocycles. The topological polar surface area (TPSA) is 147 Å². The number of fused-ring (bicyclic) bond motifs is 1. The lowest BCUT2D eigenvalue weighted by atomic mass is 10.1. The first-order valence-corrected chi connectivity index (χ1v) is 10.8. The summed E-state index contributed by atoms with van der Waals surface area (Å²) in [6.45, 7) is 0.563. The van der Waals surface area contributed by atoms with E-state index in [1.165, 1.54) is 0 Å². The summed E-state index contributed by atoms with van der Waals surface area (Å²) in [4.78, 5) is 4.47. The van der Waals surface area contributed by atoms with Crippen LogP contribution >= 0.6 is 0 Å². The SMILES string of the molecule is OCCCNc1nnc(-c2cnc(Nc3ccc4nonc4c3)cc2NC2CCCC2F)o1. The molecule has 0 amide bonds. The van der Waals surface area contributed by atoms with Crippen molar-refractivity contribution in [1.29, 1.82) is 0 Å². The van der Waals surface area contributed by atoms with Gasteiger partial charge in [0.15, 0.2) is 0 Å². The molecule has 4 N–H and O–H groups in total. The predicted molar refractivity (Wildman–Crippen MR) is 119 cm³/mol. The van der Waals surface area contributed by atoms with Gasteiger partial charge >= 0.3 is 6.01 Å². The van der Waals surface area contributed by atoms with Crippen LogP contribution in [0, 0.1) is 0 Å². The first-order valence-electron chi connectivity index (χ1n) is 10.8. The third kappa shape index (κ3) is 4.70. The summed E-state index contributed by atoms with van der Waals surface area (Å²) in [6, 6.07) is 7.15. The highest BCUT2D eigenvalue weighted by Crippen LogP contribution is 2.34. The van der Waals surface area contributed by atoms with Crippen molar-refractivity contribution in [2.24, 2.45) is 0 Å². The lowest BCUT2D eigenvalue weighted by Gasteiger charge is -2.19. The molecular weight excluding hydrogens is 431 g/mol. The Kier molecular flexibility index (Phi) is 5.98. The van der Waals surface area contributed by atoms with E-state index in [0.29, 0.717) is 47.5 Å². The van der Waals surface area contributed by atoms with Gasteiger partial charge in [-0.1, -0.05) is 5.10 Å². The second-order valence-corrected chi connectivity index (χ2v) is 7.82. The van der Waals surface area contributed by atoms with Crippen LogP contribution in [0.4, 0.5) is 27.6 Å². The quantitative estimate of drug-likeness (QED) is 0.275. The van der Waals surface area contributed by atoms with Gasteiger partial charge in [0.2, 0.25) is 0 Å². The average molecular weight is 454 g/mol. The summed E-state index contributed by atoms with van der Waals surface area (Å²) in [5.74, 6) is 0.804. The third-order valence-corrected chi connectivity index (χ3v) is 5.47. The van der Waals surface area contributed by atoms with E-state index in [2.05, 4.69) is 41.4 Å². The molecule has 3 heterocycles. The Morgan fingerprint density at radius 2 is 2.03 bits per heavy atom. The molecule has 1 saturated carbocycles. The van der Waals surface area contributed by atoms with Gasteiger partial charge in [-0.25, -0.2) is 14.0 Å². The van der Waals surface area contributed by atoms with Gasteiger partial charge in [0.1, 0.15) is 23.0 Å². The summed E-state index contributed by atoms with van der Waals surface area (Å²) in [5.41, 5.74) is 3.23. The number of nitrogens with zero attached hydrogens (tertiary/aromatic N) is 5. The Morgan fingerprint density at radius 3 is 2.88 bits per heavy atom. The summed E-state index contributed by atoms with van der Waals surface area (Å²) in [5, 5.41) is 34.1. The molecule has 33 heavy (non-hydrogen) atoms. The number of nitrogens with one attached hydrogen (secondary N) is 3. The van der Waals surface area contributed by atoms with E-state index < -0.39 is 6.17 Å². The number of halogens is 1. The molecule has 0 bridgehead atoms. The maximum Gasteiger partial charge on any atom is 0.315 e. The average Bonchev–Trinajstić information content (AvgIpc) is 3.56. The van der Waals surface area contributed by atoms with Crippen LogP contribution in [0.2, 0.25) is 0 Å². The second-order valence-electron chi connectivity index (χ2n) is 7.82. The van der Waals surface area contributed by atoms with Gasteiger partial charge in [-0.15, -0.1) is 5.10 Å². The Labute approximate surface area is 187 Å². The summed E-state index contributed by atoms with van der Waals surface area (Å²) >= 11 is 0. The standard InChI is InChI=1S/C21H23FN8O3/c22-14-3-1-4-15(14)26-17-10-19(25-12-5-6-16-18(9-12)30-33-29-16)24-11-13(17)20-27-28-21(32-20)23-7-2-8-31/h5-6,9-11,14-15,31H,1-4,7-8H2,(H,23,28)(H2,24,25,26). The van der Waals surface area contributed by atoms with E-state index >= 15 is 0 Å². The maximum atomic E-state index is 14.4. The fraction of sp³-hybridized carbons (Fsp3) is 0.381. The fourth-order valence-electron chi connectivity index (χ4n) is 3.78. The van der Waals surface area contributed by atoms with E-state index in [4.69, 9.17) is 14.2 Å². The molecule has 2 atom stereocenters. The lowest BCUT2D eigenvalue weighted by molar-refractivity contribution is 0.292. The number of aliphatic hydroxyl groups excluding tert-OH is 1. The van der Waals surface area contributed by atoms with Gasteiger partial charge in [-0.3, -0.25) is 0 Å². The van der Waals surface area contributed by atoms with Crippen molar-refractivity contribution in [3.05, 3.63) is 30.5 Å². The molecule has 4 aromatic rings. The Hall–Kier alpha value is -3.80. The van der Waals surface area contributed by atoms with Crippen LogP contribution < -0.4 is 16.0 Å². The molecule has 1 aliphatic rings. The first kappa shape index (κ1) is 21.1. The fourth-order valence-corrected chi connectivity index (χ4v) is 3.78. The molecule has 2 unspecified atom stereocenters. The molecule has 172 valence electrons. The van der Waals surface area contributed by atoms with Gasteiger partial charge in [0.05, 0.1) is 17.3 Å². The Bertz CT molecular complexity index is 1230. The van der Waals surface area contributed by atoms with Crippen LogP contribution in [0.5, 0.6) is 0 Å². The number of alkyl halides is 1. The molecule has 3 aromatic heterocycles. The van der Waals surface area contributed by atoms with E-state index in [9.17, 15) is 4.39 Å². The third-order valence-electron chi connectivity index (χ3n) is 5.47. The number of aliphatic hydroxyl groups is 1. The van der Waals surface area contributed by atoms with Crippen LogP contribution in [0.15, 0.2) is 39.5 Å². The molecule has 0 spiro atoms. The molecule has 0 aliphatic heterocycles. The van der Waals surface area contributed by atoms with E-state index in [1.54, 1.807) is 24.4 Å². The number of hydrogen-bond donors (Lipinski definition) is 4. The zero-order valence-corrected chi connectivity index (χ0v) is 17.7. The molecule has 11 nitrogen and oxygen atoms in total. The minimum Gasteiger partial charge on any atom is -0.403 e. The highest BCUT2D eigenvalue weighted by Gasteiger charge is 2.28. The molecule has 1 aromatic carbocycles. The Balaban J connectivity index is 1.42. The summed E-state index contributed by atoms with van der Waals surface area (Å²) in [6.07, 6.45) is 3.34. The number of benzene rings is 1. The van der Waals surface area contributed by atoms with Crippen molar-refractivity contribution in [3.63, 3.8) is 0 Å². The largest absolute Gasteiger partial charge is 0.403 e. The van der Waals surface area contributed by atoms with Gasteiger partial charge in [-0.2, -0.15) is 0 Å². The predicted octanol–water partition coefficient (Wildman–Crippen LogP) is 3.51. The number of anilines is 4. The second kappa shape index (κ2) is 9.36. The van der Waals surface area contributed by atoms with E-state index in [0.717, 1.165) is 18.5 Å². The molecule has 5 rings (SSSR count). The van der Waals surface area contributed by atoms with E-state index in [1.807, 2.05) is 6.07 Å². The molecule has 1 fully saturated rings. The van der Waals surface area contributed by atoms with Crippen molar-refractivity contribution >= 4 is 34.2 Å².